The van der Waals surface area contributed by atoms with Crippen molar-refractivity contribution in [3.8, 4) is 5.69 Å². The van der Waals surface area contributed by atoms with Crippen LogP contribution in [0.25, 0.3) is 11.3 Å². The number of hydrogen-bond donors (Lipinski definition) is 0. The predicted molar refractivity (Wildman–Crippen MR) is 84.5 cm³/mol. The van der Waals surface area contributed by atoms with Crippen molar-refractivity contribution in [3.63, 3.8) is 0 Å². The lowest BCUT2D eigenvalue weighted by atomic mass is 10.3. The van der Waals surface area contributed by atoms with E-state index in [0.29, 0.717) is 16.6 Å². The summed E-state index contributed by atoms with van der Waals surface area (Å²) in [5, 5.41) is 8.46. The standard InChI is InChI=1S/C14H10ClFN4OS/c1-2-7-22-14-18-17-12-13(21)19(5-6-20(12)14)9-3-4-11(16)10(15)8-9/h2-6,8H,1,7H2. The van der Waals surface area contributed by atoms with Crippen molar-refractivity contribution in [1.82, 2.24) is 19.2 Å². The lowest BCUT2D eigenvalue weighted by Gasteiger charge is -2.07. The molecule has 1 aromatic carbocycles. The minimum absolute atomic E-state index is 0.0482. The number of hydrogen-bond acceptors (Lipinski definition) is 4. The SMILES string of the molecule is C=CCSc1nnc2c(=O)n(-c3ccc(F)c(Cl)c3)ccn12. The van der Waals surface area contributed by atoms with Crippen LogP contribution in [0.1, 0.15) is 0 Å². The van der Waals surface area contributed by atoms with Crippen LogP contribution in [-0.4, -0.2) is 24.9 Å². The first-order chi connectivity index (χ1) is 10.6. The Hall–Kier alpha value is -2.12. The van der Waals surface area contributed by atoms with Crippen LogP contribution in [0.4, 0.5) is 4.39 Å². The fourth-order valence-electron chi connectivity index (χ4n) is 1.94. The maximum absolute atomic E-state index is 13.2. The van der Waals surface area contributed by atoms with Gasteiger partial charge >= 0.3 is 5.56 Å². The first-order valence-corrected chi connectivity index (χ1v) is 7.63. The quantitative estimate of drug-likeness (QED) is 0.543. The fraction of sp³-hybridized carbons (Fsp3) is 0.0714. The monoisotopic (exact) mass is 336 g/mol. The summed E-state index contributed by atoms with van der Waals surface area (Å²) in [6.45, 7) is 3.64. The van der Waals surface area contributed by atoms with Gasteiger partial charge in [0.05, 0.1) is 10.7 Å². The van der Waals surface area contributed by atoms with Crippen molar-refractivity contribution in [2.75, 3.05) is 5.75 Å². The van der Waals surface area contributed by atoms with E-state index in [2.05, 4.69) is 16.8 Å². The van der Waals surface area contributed by atoms with Crippen LogP contribution in [0.2, 0.25) is 5.02 Å². The Morgan fingerprint density at radius 1 is 1.36 bits per heavy atom. The first-order valence-electron chi connectivity index (χ1n) is 6.27. The van der Waals surface area contributed by atoms with E-state index in [9.17, 15) is 9.18 Å². The van der Waals surface area contributed by atoms with Crippen LogP contribution in [0, 0.1) is 5.82 Å². The lowest BCUT2D eigenvalue weighted by molar-refractivity contribution is 0.627. The summed E-state index contributed by atoms with van der Waals surface area (Å²) < 4.78 is 16.2. The molecule has 112 valence electrons. The smallest absolute Gasteiger partial charge is 0.280 e. The number of rotatable bonds is 4. The van der Waals surface area contributed by atoms with Crippen LogP contribution >= 0.6 is 23.4 Å². The van der Waals surface area contributed by atoms with E-state index < -0.39 is 5.82 Å². The highest BCUT2D eigenvalue weighted by Crippen LogP contribution is 2.19. The molecule has 0 amide bonds. The number of halogens is 2. The highest BCUT2D eigenvalue weighted by molar-refractivity contribution is 7.99. The fourth-order valence-corrected chi connectivity index (χ4v) is 2.76. The molecule has 8 heteroatoms. The molecule has 0 atom stereocenters. The highest BCUT2D eigenvalue weighted by Gasteiger charge is 2.12. The Kier molecular flexibility index (Phi) is 4.00. The van der Waals surface area contributed by atoms with Gasteiger partial charge in [0.15, 0.2) is 5.16 Å². The Labute approximate surface area is 134 Å². The second kappa shape index (κ2) is 5.94. The zero-order valence-electron chi connectivity index (χ0n) is 11.2. The molecule has 0 bridgehead atoms. The lowest BCUT2D eigenvalue weighted by Crippen LogP contribution is -2.20. The summed E-state index contributed by atoms with van der Waals surface area (Å²) in [7, 11) is 0. The van der Waals surface area contributed by atoms with E-state index in [1.165, 1.54) is 34.5 Å². The predicted octanol–water partition coefficient (Wildman–Crippen LogP) is 2.95. The van der Waals surface area contributed by atoms with Crippen molar-refractivity contribution in [2.24, 2.45) is 0 Å². The van der Waals surface area contributed by atoms with Crippen LogP contribution in [-0.2, 0) is 0 Å². The molecule has 0 fully saturated rings. The first kappa shape index (κ1) is 14.8. The van der Waals surface area contributed by atoms with Gasteiger partial charge in [-0.3, -0.25) is 13.8 Å². The number of nitrogens with zero attached hydrogens (tertiary/aromatic N) is 4. The summed E-state index contributed by atoms with van der Waals surface area (Å²) in [6.07, 6.45) is 4.99. The van der Waals surface area contributed by atoms with Gasteiger partial charge in [-0.15, -0.1) is 16.8 Å². The van der Waals surface area contributed by atoms with E-state index in [0.717, 1.165) is 0 Å². The minimum Gasteiger partial charge on any atom is -0.280 e. The van der Waals surface area contributed by atoms with Crippen LogP contribution in [0.15, 0.2) is 53.2 Å². The maximum Gasteiger partial charge on any atom is 0.300 e. The van der Waals surface area contributed by atoms with Crippen LogP contribution in [0.3, 0.4) is 0 Å². The molecule has 0 aliphatic carbocycles. The van der Waals surface area contributed by atoms with E-state index in [4.69, 9.17) is 11.6 Å². The topological polar surface area (TPSA) is 52.2 Å². The van der Waals surface area contributed by atoms with Crippen molar-refractivity contribution >= 4 is 29.0 Å². The Balaban J connectivity index is 2.12. The van der Waals surface area contributed by atoms with Gasteiger partial charge in [-0.25, -0.2) is 4.39 Å². The van der Waals surface area contributed by atoms with Gasteiger partial charge in [-0.2, -0.15) is 0 Å². The molecule has 0 radical (unpaired) electrons. The molecule has 0 aliphatic heterocycles. The molecule has 0 spiro atoms. The minimum atomic E-state index is -0.537. The molecular formula is C14H10ClFN4OS. The maximum atomic E-state index is 13.2. The molecule has 3 rings (SSSR count). The molecule has 0 unspecified atom stereocenters. The number of benzene rings is 1. The summed E-state index contributed by atoms with van der Waals surface area (Å²) in [5.41, 5.74) is 0.292. The molecule has 0 N–H and O–H groups in total. The van der Waals surface area contributed by atoms with Crippen LogP contribution in [0.5, 0.6) is 0 Å². The number of thioether (sulfide) groups is 1. The van der Waals surface area contributed by atoms with Gasteiger partial charge < -0.3 is 0 Å². The third-order valence-electron chi connectivity index (χ3n) is 2.95. The normalized spacial score (nSPS) is 11.0. The second-order valence-corrected chi connectivity index (χ2v) is 5.74. The average Bonchev–Trinajstić information content (AvgIpc) is 2.92. The van der Waals surface area contributed by atoms with Crippen LogP contribution < -0.4 is 5.56 Å². The summed E-state index contributed by atoms with van der Waals surface area (Å²) in [4.78, 5) is 12.5. The van der Waals surface area contributed by atoms with E-state index in [1.54, 1.807) is 22.9 Å². The summed E-state index contributed by atoms with van der Waals surface area (Å²) in [5.74, 6) is 0.127. The van der Waals surface area contributed by atoms with E-state index >= 15 is 0 Å². The van der Waals surface area contributed by atoms with Gasteiger partial charge in [0, 0.05) is 18.1 Å². The molecule has 0 saturated carbocycles. The van der Waals surface area contributed by atoms with Gasteiger partial charge in [0.25, 0.3) is 0 Å². The van der Waals surface area contributed by atoms with Crippen molar-refractivity contribution < 1.29 is 4.39 Å². The van der Waals surface area contributed by atoms with E-state index in [1.807, 2.05) is 0 Å². The molecule has 2 aromatic heterocycles. The van der Waals surface area contributed by atoms with Gasteiger partial charge in [-0.05, 0) is 18.2 Å². The molecule has 0 aliphatic rings. The zero-order valence-corrected chi connectivity index (χ0v) is 12.8. The van der Waals surface area contributed by atoms with Gasteiger partial charge in [0.2, 0.25) is 5.65 Å². The molecule has 22 heavy (non-hydrogen) atoms. The Morgan fingerprint density at radius 3 is 2.91 bits per heavy atom. The van der Waals surface area contributed by atoms with E-state index in [-0.39, 0.29) is 16.2 Å². The van der Waals surface area contributed by atoms with Gasteiger partial charge in [0.1, 0.15) is 5.82 Å². The molecule has 2 heterocycles. The second-order valence-electron chi connectivity index (χ2n) is 4.35. The Bertz CT molecular complexity index is 921. The number of aromatic nitrogens is 4. The number of fused-ring (bicyclic) bond motifs is 1. The van der Waals surface area contributed by atoms with Gasteiger partial charge in [-0.1, -0.05) is 29.4 Å². The molecule has 3 aromatic rings. The Morgan fingerprint density at radius 2 is 2.18 bits per heavy atom. The van der Waals surface area contributed by atoms with Crippen molar-refractivity contribution in [3.05, 3.63) is 64.4 Å². The molecule has 0 saturated heterocycles. The highest BCUT2D eigenvalue weighted by atomic mass is 35.5. The zero-order chi connectivity index (χ0) is 15.7. The molecule has 5 nitrogen and oxygen atoms in total. The summed E-state index contributed by atoms with van der Waals surface area (Å²) >= 11 is 7.18. The average molecular weight is 337 g/mol. The third kappa shape index (κ3) is 2.53. The van der Waals surface area contributed by atoms with Crippen molar-refractivity contribution in [1.29, 1.82) is 0 Å². The van der Waals surface area contributed by atoms with Crippen molar-refractivity contribution in [2.45, 2.75) is 5.16 Å². The summed E-state index contributed by atoms with van der Waals surface area (Å²) in [6, 6.07) is 4.07. The molecular weight excluding hydrogens is 327 g/mol. The largest absolute Gasteiger partial charge is 0.300 e. The third-order valence-corrected chi connectivity index (χ3v) is 4.18.